The molecule has 0 spiro atoms. The van der Waals surface area contributed by atoms with Gasteiger partial charge in [0.05, 0.1) is 13.2 Å². The molecule has 0 atom stereocenters. The number of nitrogens with zero attached hydrogens (tertiary/aromatic N) is 2. The van der Waals surface area contributed by atoms with Crippen LogP contribution in [0.15, 0.2) is 16.6 Å². The van der Waals surface area contributed by atoms with Crippen LogP contribution in [0.5, 0.6) is 11.5 Å². The predicted molar refractivity (Wildman–Crippen MR) is 102 cm³/mol. The fourth-order valence-corrected chi connectivity index (χ4v) is 3.57. The molecule has 1 amide bonds. The van der Waals surface area contributed by atoms with Gasteiger partial charge in [-0.15, -0.1) is 0 Å². The SMILES string of the molecule is COCCNC(=O)CN1CCN(Cc2cc3c(cc2Br)OCCO3)CC1. The van der Waals surface area contributed by atoms with Crippen LogP contribution in [0.3, 0.4) is 0 Å². The molecule has 2 aliphatic heterocycles. The molecule has 2 aliphatic rings. The summed E-state index contributed by atoms with van der Waals surface area (Å²) >= 11 is 3.64. The summed E-state index contributed by atoms with van der Waals surface area (Å²) in [4.78, 5) is 16.5. The van der Waals surface area contributed by atoms with Crippen molar-refractivity contribution in [2.45, 2.75) is 6.54 Å². The fourth-order valence-electron chi connectivity index (χ4n) is 3.13. The van der Waals surface area contributed by atoms with Crippen LogP contribution in [-0.4, -0.2) is 81.9 Å². The number of piperazine rings is 1. The van der Waals surface area contributed by atoms with Crippen molar-refractivity contribution < 1.29 is 19.0 Å². The largest absolute Gasteiger partial charge is 0.486 e. The zero-order valence-electron chi connectivity index (χ0n) is 15.1. The number of rotatable bonds is 7. The van der Waals surface area contributed by atoms with Crippen molar-refractivity contribution in [2.24, 2.45) is 0 Å². The predicted octanol–water partition coefficient (Wildman–Crippen LogP) is 1.10. The molecule has 0 saturated carbocycles. The summed E-state index contributed by atoms with van der Waals surface area (Å²) in [5, 5.41) is 2.87. The van der Waals surface area contributed by atoms with Gasteiger partial charge in [-0.2, -0.15) is 0 Å². The number of benzene rings is 1. The molecule has 7 nitrogen and oxygen atoms in total. The smallest absolute Gasteiger partial charge is 0.234 e. The lowest BCUT2D eigenvalue weighted by atomic mass is 10.1. The minimum atomic E-state index is 0.0603. The highest BCUT2D eigenvalue weighted by molar-refractivity contribution is 9.10. The first-order valence-corrected chi connectivity index (χ1v) is 9.73. The Balaban J connectivity index is 1.46. The van der Waals surface area contributed by atoms with Gasteiger partial charge in [-0.3, -0.25) is 14.6 Å². The molecule has 2 heterocycles. The average molecular weight is 428 g/mol. The van der Waals surface area contributed by atoms with Crippen LogP contribution in [-0.2, 0) is 16.1 Å². The van der Waals surface area contributed by atoms with Crippen LogP contribution in [0, 0.1) is 0 Å². The number of hydrogen-bond acceptors (Lipinski definition) is 6. The first-order chi connectivity index (χ1) is 12.7. The van der Waals surface area contributed by atoms with E-state index in [-0.39, 0.29) is 5.91 Å². The Kier molecular flexibility index (Phi) is 7.13. The minimum Gasteiger partial charge on any atom is -0.486 e. The lowest BCUT2D eigenvalue weighted by Gasteiger charge is -2.34. The minimum absolute atomic E-state index is 0.0603. The summed E-state index contributed by atoms with van der Waals surface area (Å²) in [6, 6.07) is 4.05. The summed E-state index contributed by atoms with van der Waals surface area (Å²) in [5.74, 6) is 1.68. The van der Waals surface area contributed by atoms with Gasteiger partial charge in [-0.1, -0.05) is 15.9 Å². The van der Waals surface area contributed by atoms with E-state index in [9.17, 15) is 4.79 Å². The highest BCUT2D eigenvalue weighted by Crippen LogP contribution is 2.36. The second-order valence-corrected chi connectivity index (χ2v) is 7.34. The van der Waals surface area contributed by atoms with E-state index >= 15 is 0 Å². The Morgan fingerprint density at radius 3 is 2.50 bits per heavy atom. The van der Waals surface area contributed by atoms with Gasteiger partial charge in [0.1, 0.15) is 13.2 Å². The maximum atomic E-state index is 11.9. The third-order valence-corrected chi connectivity index (χ3v) is 5.30. The summed E-state index contributed by atoms with van der Waals surface area (Å²) in [7, 11) is 1.63. The monoisotopic (exact) mass is 427 g/mol. The molecule has 1 aromatic rings. The number of amides is 1. The first-order valence-electron chi connectivity index (χ1n) is 8.94. The number of nitrogens with one attached hydrogen (secondary N) is 1. The van der Waals surface area contributed by atoms with E-state index in [0.717, 1.165) is 48.7 Å². The van der Waals surface area contributed by atoms with Crippen LogP contribution in [0.4, 0.5) is 0 Å². The maximum Gasteiger partial charge on any atom is 0.234 e. The van der Waals surface area contributed by atoms with Crippen LogP contribution in [0.25, 0.3) is 0 Å². The number of hydrogen-bond donors (Lipinski definition) is 1. The fraction of sp³-hybridized carbons (Fsp3) is 0.611. The van der Waals surface area contributed by atoms with Crippen LogP contribution < -0.4 is 14.8 Å². The highest BCUT2D eigenvalue weighted by Gasteiger charge is 2.21. The zero-order valence-corrected chi connectivity index (χ0v) is 16.7. The van der Waals surface area contributed by atoms with Gasteiger partial charge in [0.2, 0.25) is 5.91 Å². The molecule has 144 valence electrons. The van der Waals surface area contributed by atoms with E-state index in [2.05, 4.69) is 37.1 Å². The number of carbonyl (C=O) groups excluding carboxylic acids is 1. The second-order valence-electron chi connectivity index (χ2n) is 6.48. The summed E-state index contributed by atoms with van der Waals surface area (Å²) < 4.78 is 17.3. The molecule has 3 rings (SSSR count). The third kappa shape index (κ3) is 5.33. The van der Waals surface area contributed by atoms with Crippen molar-refractivity contribution in [3.8, 4) is 11.5 Å². The molecular formula is C18H26BrN3O4. The molecule has 1 fully saturated rings. The van der Waals surface area contributed by atoms with Crippen molar-refractivity contribution in [2.75, 3.05) is 66.2 Å². The normalized spacial score (nSPS) is 17.9. The van der Waals surface area contributed by atoms with E-state index in [1.807, 2.05) is 6.07 Å². The molecule has 1 N–H and O–H groups in total. The van der Waals surface area contributed by atoms with Gasteiger partial charge in [0.15, 0.2) is 11.5 Å². The standard InChI is InChI=1S/C18H26BrN3O4/c1-24-7-2-20-18(23)13-22-5-3-21(4-6-22)12-14-10-16-17(11-15(14)19)26-9-8-25-16/h10-11H,2-9,12-13H2,1H3,(H,20,23). The van der Waals surface area contributed by atoms with Crippen LogP contribution in [0.2, 0.25) is 0 Å². The summed E-state index contributed by atoms with van der Waals surface area (Å²) in [5.41, 5.74) is 1.19. The Labute approximate surface area is 162 Å². The molecule has 0 aromatic heterocycles. The Morgan fingerprint density at radius 1 is 1.15 bits per heavy atom. The molecular weight excluding hydrogens is 402 g/mol. The average Bonchev–Trinajstić information content (AvgIpc) is 2.64. The van der Waals surface area contributed by atoms with Crippen molar-refractivity contribution in [1.29, 1.82) is 0 Å². The highest BCUT2D eigenvalue weighted by atomic mass is 79.9. The van der Waals surface area contributed by atoms with Crippen LogP contribution >= 0.6 is 15.9 Å². The Morgan fingerprint density at radius 2 is 1.81 bits per heavy atom. The van der Waals surface area contributed by atoms with E-state index in [1.165, 1.54) is 5.56 Å². The van der Waals surface area contributed by atoms with Gasteiger partial charge in [-0.25, -0.2) is 0 Å². The lowest BCUT2D eigenvalue weighted by molar-refractivity contribution is -0.122. The second kappa shape index (κ2) is 9.55. The molecule has 0 radical (unpaired) electrons. The quantitative estimate of drug-likeness (QED) is 0.657. The topological polar surface area (TPSA) is 63.3 Å². The van der Waals surface area contributed by atoms with E-state index in [4.69, 9.17) is 14.2 Å². The van der Waals surface area contributed by atoms with Crippen molar-refractivity contribution in [3.63, 3.8) is 0 Å². The van der Waals surface area contributed by atoms with E-state index < -0.39 is 0 Å². The summed E-state index contributed by atoms with van der Waals surface area (Å²) in [6.45, 7) is 7.25. The van der Waals surface area contributed by atoms with E-state index in [1.54, 1.807) is 7.11 Å². The lowest BCUT2D eigenvalue weighted by Crippen LogP contribution is -2.49. The van der Waals surface area contributed by atoms with Crippen molar-refractivity contribution in [1.82, 2.24) is 15.1 Å². The van der Waals surface area contributed by atoms with E-state index in [0.29, 0.717) is 32.9 Å². The molecule has 0 aliphatic carbocycles. The number of methoxy groups -OCH3 is 1. The molecule has 26 heavy (non-hydrogen) atoms. The van der Waals surface area contributed by atoms with Crippen molar-refractivity contribution >= 4 is 21.8 Å². The number of ether oxygens (including phenoxy) is 3. The molecule has 0 unspecified atom stereocenters. The third-order valence-electron chi connectivity index (χ3n) is 4.57. The number of fused-ring (bicyclic) bond motifs is 1. The van der Waals surface area contributed by atoms with Crippen LogP contribution in [0.1, 0.15) is 5.56 Å². The summed E-state index contributed by atoms with van der Waals surface area (Å²) in [6.07, 6.45) is 0. The molecule has 1 aromatic carbocycles. The van der Waals surface area contributed by atoms with Gasteiger partial charge in [0, 0.05) is 50.9 Å². The Bertz CT molecular complexity index is 621. The molecule has 1 saturated heterocycles. The van der Waals surface area contributed by atoms with Gasteiger partial charge in [-0.05, 0) is 17.7 Å². The zero-order chi connectivity index (χ0) is 18.4. The van der Waals surface area contributed by atoms with Crippen molar-refractivity contribution in [3.05, 3.63) is 22.2 Å². The number of halogens is 1. The number of carbonyl (C=O) groups is 1. The molecule has 8 heteroatoms. The Hall–Kier alpha value is -1.35. The molecule has 0 bridgehead atoms. The van der Waals surface area contributed by atoms with Gasteiger partial charge in [0.25, 0.3) is 0 Å². The van der Waals surface area contributed by atoms with Gasteiger partial charge >= 0.3 is 0 Å². The van der Waals surface area contributed by atoms with Gasteiger partial charge < -0.3 is 19.5 Å². The maximum absolute atomic E-state index is 11.9. The first kappa shape index (κ1) is 19.4.